The standard InChI is InChI=1S/C15H33N.C9H21N.C7H15Cl.C7H15F.C5H11Cl.C5H5F7.C5H11F.C5H13N.C5H12O.C4H5F5.C3H7Cl.C3H5F3.C3H7F.C3H8O.C2H3F3/c1-4-7-10-11-12-15-16(13-8-5-2)14-9-6-3;1-4-7-8-9-10(5-2)6-3;2*1-2-3-4-5-6-7-8;1-2-3-4-5-6;1-2-3(6,7)4(8,9)5(10,11)12;1-2-3-4-5-6;1-4-5-6(2)3;1-2-3-4-5-6;1-2-3(5,6)4(7,8)9;1-2-3-4;1-2-3(4,5)6;2*1-2-3-4;1-2(3,4)5/h4-15H2,1-3H3;4-9H2,1-3H3;2*2-7H2,1H3;2-5H2,1H3;2H2,1H3;2-5H2,1H3;4-5H2,1-3H3;6H,2-5H2,1H3;2H2,1H3;2-3H2,1H3;2H2,1H3;2-3H2,1H3;4H,2-3H2,1H3;1H3. The molecule has 0 unspecified atom stereocenters. The Morgan fingerprint density at radius 1 is 0.264 bits per heavy atom. The van der Waals surface area contributed by atoms with E-state index in [4.69, 9.17) is 45.0 Å². The summed E-state index contributed by atoms with van der Waals surface area (Å²) in [7, 11) is 4.17. The van der Waals surface area contributed by atoms with Crippen LogP contribution in [-0.2, 0) is 0 Å². The Bertz CT molecular complexity index is 1380. The Morgan fingerprint density at radius 2 is 0.518 bits per heavy atom. The normalized spacial score (nSPS) is 10.9. The number of hydrogen-bond acceptors (Lipinski definition) is 5. The molecule has 0 spiro atoms. The highest BCUT2D eigenvalue weighted by molar-refractivity contribution is 6.18. The molecule has 0 aromatic carbocycles. The SMILES string of the molecule is CC(F)(F)F.CCC(F)(F)C(F)(F)C(F)(F)F.CCC(F)(F)C(F)(F)F.CCC(F)(F)F.CCCCCCCCl.CCCCCCCF.CCCCCCCN(CCCC)CCCC.CCCCCCl.CCCCCF.CCCCCN(CC)CC.CCCCCO.CCCCl.CCCF.CCCN(C)C.CCCO. The van der Waals surface area contributed by atoms with Gasteiger partial charge in [-0.1, -0.05) is 266 Å². The minimum absolute atomic E-state index is 0.135. The molecule has 0 saturated carbocycles. The molecule has 0 bridgehead atoms. The Kier molecular flexibility index (Phi) is 153. The van der Waals surface area contributed by atoms with Crippen molar-refractivity contribution in [1.82, 2.24) is 14.7 Å². The Morgan fingerprint density at radius 3 is 0.700 bits per heavy atom. The van der Waals surface area contributed by atoms with E-state index in [1.807, 2.05) is 13.8 Å². The molecule has 0 atom stereocenters. The van der Waals surface area contributed by atoms with Crippen LogP contribution >= 0.6 is 34.8 Å². The fraction of sp³-hybridized carbons (Fsp3) is 1.00. The molecule has 0 saturated heterocycles. The van der Waals surface area contributed by atoms with E-state index >= 15 is 0 Å². The Hall–Kier alpha value is -0.800. The van der Waals surface area contributed by atoms with Crippen molar-refractivity contribution in [3.05, 3.63) is 0 Å². The molecule has 0 aliphatic heterocycles. The molecule has 0 amide bonds. The van der Waals surface area contributed by atoms with E-state index in [2.05, 4.69) is 112 Å². The van der Waals surface area contributed by atoms with Crippen molar-refractivity contribution in [1.29, 1.82) is 0 Å². The molecular formula is C81H171Cl3F21N3O2. The van der Waals surface area contributed by atoms with Crippen molar-refractivity contribution in [2.45, 2.75) is 418 Å². The maximum absolute atomic E-state index is 12.0. The predicted octanol–water partition coefficient (Wildman–Crippen LogP) is 32.9. The molecule has 690 valence electrons. The fourth-order valence-corrected chi connectivity index (χ4v) is 7.06. The maximum atomic E-state index is 12.0. The van der Waals surface area contributed by atoms with Gasteiger partial charge in [0, 0.05) is 57.0 Å². The number of alkyl halides is 24. The summed E-state index contributed by atoms with van der Waals surface area (Å²) in [6, 6.07) is 0. The van der Waals surface area contributed by atoms with Gasteiger partial charge in [-0.15, -0.1) is 34.8 Å². The lowest BCUT2D eigenvalue weighted by atomic mass is 10.1. The molecule has 0 aliphatic carbocycles. The summed E-state index contributed by atoms with van der Waals surface area (Å²) < 4.78 is 234. The lowest BCUT2D eigenvalue weighted by Crippen LogP contribution is -2.51. The van der Waals surface area contributed by atoms with Crippen LogP contribution < -0.4 is 0 Å². The molecule has 5 nitrogen and oxygen atoms in total. The first-order chi connectivity index (χ1) is 51.2. The summed E-state index contributed by atoms with van der Waals surface area (Å²) in [6.45, 7) is 44.0. The van der Waals surface area contributed by atoms with Gasteiger partial charge in [-0.05, 0) is 143 Å². The van der Waals surface area contributed by atoms with Gasteiger partial charge >= 0.3 is 42.5 Å². The number of aliphatic hydroxyl groups is 2. The van der Waals surface area contributed by atoms with Gasteiger partial charge < -0.3 is 24.9 Å². The van der Waals surface area contributed by atoms with Crippen molar-refractivity contribution < 1.29 is 102 Å². The zero-order valence-corrected chi connectivity index (χ0v) is 75.6. The molecule has 0 rings (SSSR count). The van der Waals surface area contributed by atoms with Gasteiger partial charge in [0.2, 0.25) is 0 Å². The third kappa shape index (κ3) is 171. The van der Waals surface area contributed by atoms with E-state index in [0.717, 1.165) is 89.3 Å². The lowest BCUT2D eigenvalue weighted by Gasteiger charge is -2.26. The van der Waals surface area contributed by atoms with Crippen LogP contribution in [0.1, 0.15) is 376 Å². The van der Waals surface area contributed by atoms with Gasteiger partial charge in [-0.25, -0.2) is 0 Å². The van der Waals surface area contributed by atoms with E-state index in [1.54, 1.807) is 6.92 Å². The molecule has 0 aromatic heterocycles. The summed E-state index contributed by atoms with van der Waals surface area (Å²) in [5.74, 6) is -13.1. The van der Waals surface area contributed by atoms with Gasteiger partial charge in [0.1, 0.15) is 0 Å². The van der Waals surface area contributed by atoms with E-state index in [9.17, 15) is 92.2 Å². The monoisotopic (exact) mass is 1720 g/mol. The molecule has 0 aliphatic rings. The molecule has 0 heterocycles. The third-order valence-electron chi connectivity index (χ3n) is 13.7. The minimum atomic E-state index is -6.20. The number of unbranched alkanes of at least 4 members (excludes halogenated alkanes) is 22. The second-order valence-electron chi connectivity index (χ2n) is 25.5. The highest BCUT2D eigenvalue weighted by atomic mass is 35.5. The zero-order valence-electron chi connectivity index (χ0n) is 73.3. The van der Waals surface area contributed by atoms with Crippen molar-refractivity contribution in [2.24, 2.45) is 0 Å². The van der Waals surface area contributed by atoms with Gasteiger partial charge in [0.05, 0.1) is 20.0 Å². The van der Waals surface area contributed by atoms with Crippen LogP contribution in [0.25, 0.3) is 0 Å². The maximum Gasteiger partial charge on any atom is 0.459 e. The molecular weight excluding hydrogens is 1550 g/mol. The van der Waals surface area contributed by atoms with Gasteiger partial charge in [-0.2, -0.15) is 79.0 Å². The average molecular weight is 1720 g/mol. The first-order valence-electron chi connectivity index (χ1n) is 41.3. The van der Waals surface area contributed by atoms with Crippen LogP contribution in [0.5, 0.6) is 0 Å². The van der Waals surface area contributed by atoms with Crippen molar-refractivity contribution in [3.63, 3.8) is 0 Å². The number of rotatable bonds is 45. The molecule has 0 radical (unpaired) electrons. The van der Waals surface area contributed by atoms with Crippen LogP contribution in [0.3, 0.4) is 0 Å². The van der Waals surface area contributed by atoms with Gasteiger partial charge in [-0.3, -0.25) is 13.2 Å². The van der Waals surface area contributed by atoms with Crippen molar-refractivity contribution in [3.8, 4) is 0 Å². The molecule has 2 N–H and O–H groups in total. The van der Waals surface area contributed by atoms with Crippen LogP contribution in [0, 0.1) is 0 Å². The highest BCUT2D eigenvalue weighted by Crippen LogP contribution is 2.47. The first kappa shape index (κ1) is 144. The van der Waals surface area contributed by atoms with Crippen LogP contribution in [0.15, 0.2) is 0 Å². The molecule has 29 heteroatoms. The summed E-state index contributed by atoms with van der Waals surface area (Å²) in [4.78, 5) is 7.34. The van der Waals surface area contributed by atoms with Crippen LogP contribution in [0.4, 0.5) is 92.2 Å². The van der Waals surface area contributed by atoms with E-state index in [0.29, 0.717) is 26.6 Å². The second kappa shape index (κ2) is 117. The highest BCUT2D eigenvalue weighted by Gasteiger charge is 2.72. The topological polar surface area (TPSA) is 50.2 Å². The quantitative estimate of drug-likeness (QED) is 0.0362. The fourth-order valence-electron chi connectivity index (χ4n) is 6.69. The second-order valence-corrected chi connectivity index (χ2v) is 26.6. The number of nitrogens with zero attached hydrogens (tertiary/aromatic N) is 3. The van der Waals surface area contributed by atoms with Crippen LogP contribution in [-0.4, -0.2) is 178 Å². The average Bonchev–Trinajstić information content (AvgIpc) is 0.786. The third-order valence-corrected chi connectivity index (χ3v) is 14.6. The Labute approximate surface area is 677 Å². The Balaban J connectivity index is -0.0000000688. The summed E-state index contributed by atoms with van der Waals surface area (Å²) in [5.41, 5.74) is 0. The zero-order chi connectivity index (χ0) is 89.7. The number of aliphatic hydroxyl groups excluding tert-OH is 2. The van der Waals surface area contributed by atoms with E-state index in [1.165, 1.54) is 206 Å². The molecule has 0 fully saturated rings. The van der Waals surface area contributed by atoms with E-state index in [-0.39, 0.29) is 26.9 Å². The first-order valence-corrected chi connectivity index (χ1v) is 42.9. The smallest absolute Gasteiger partial charge is 0.396 e. The van der Waals surface area contributed by atoms with Crippen molar-refractivity contribution >= 4 is 34.8 Å². The molecule has 110 heavy (non-hydrogen) atoms. The number of hydrogen-bond donors (Lipinski definition) is 2. The van der Waals surface area contributed by atoms with Crippen molar-refractivity contribution in [2.75, 3.05) is 111 Å². The summed E-state index contributed by atoms with van der Waals surface area (Å²) >= 11 is 16.0. The summed E-state index contributed by atoms with van der Waals surface area (Å²) in [5, 5.41) is 16.1. The minimum Gasteiger partial charge on any atom is -0.396 e. The number of halogens is 24. The van der Waals surface area contributed by atoms with E-state index < -0.39 is 61.7 Å². The predicted molar refractivity (Wildman–Crippen MR) is 438 cm³/mol. The summed E-state index contributed by atoms with van der Waals surface area (Å²) in [6.07, 6.45) is 19.5. The lowest BCUT2D eigenvalue weighted by molar-refractivity contribution is -0.354. The molecule has 0 aromatic rings. The van der Waals surface area contributed by atoms with Gasteiger partial charge in [0.25, 0.3) is 0 Å². The largest absolute Gasteiger partial charge is 0.459 e. The van der Waals surface area contributed by atoms with Gasteiger partial charge in [0.15, 0.2) is 0 Å². The van der Waals surface area contributed by atoms with Crippen LogP contribution in [0.2, 0.25) is 0 Å².